The Morgan fingerprint density at radius 1 is 0.833 bits per heavy atom. The van der Waals surface area contributed by atoms with Gasteiger partial charge in [0.25, 0.3) is 17.4 Å². The van der Waals surface area contributed by atoms with Crippen molar-refractivity contribution in [2.24, 2.45) is 14.1 Å². The van der Waals surface area contributed by atoms with Gasteiger partial charge in [-0.05, 0) is 18.6 Å². The molecule has 0 radical (unpaired) electrons. The Bertz CT molecular complexity index is 2480. The van der Waals surface area contributed by atoms with E-state index in [-0.39, 0.29) is 46.8 Å². The number of rotatable bonds is 23. The van der Waals surface area contributed by atoms with Crippen LogP contribution < -0.4 is 21.9 Å². The average Bonchev–Trinajstić information content (AvgIpc) is 3.89. The number of amides is 4. The third kappa shape index (κ3) is 10.0. The Labute approximate surface area is 342 Å². The Balaban J connectivity index is 0.775. The van der Waals surface area contributed by atoms with E-state index in [0.29, 0.717) is 90.5 Å². The molecule has 0 spiro atoms. The van der Waals surface area contributed by atoms with Crippen LogP contribution in [0, 0.1) is 0 Å². The maximum atomic E-state index is 13.2. The summed E-state index contributed by atoms with van der Waals surface area (Å²) in [6.45, 7) is 4.09. The van der Waals surface area contributed by atoms with Gasteiger partial charge in [-0.2, -0.15) is 4.98 Å². The fraction of sp³-hybridized carbons (Fsp3) is 0.528. The number of fused-ring (bicyclic) bond motifs is 2. The maximum Gasteiger partial charge on any atom is 0.332 e. The van der Waals surface area contributed by atoms with Crippen molar-refractivity contribution in [1.29, 1.82) is 0 Å². The summed E-state index contributed by atoms with van der Waals surface area (Å²) in [5, 5.41) is 13.1. The number of nitrogens with zero attached hydrogens (tertiary/aromatic N) is 8. The number of imide groups is 2. The lowest BCUT2D eigenvalue weighted by molar-refractivity contribution is -0.136. The molecule has 2 aliphatic rings. The quantitative estimate of drug-likeness (QED) is 0.0608. The SMILES string of the molecule is Cn1c(=O)c2c(nc(S(C)(=O)=O)n2C)n(Cc2cn(CCOCCOCCOCCOCCOCCNc3cccc4c3C(=O)N(C3CCC(=O)NC3=O)C4=O)nn2)c1=O. The largest absolute Gasteiger partial charge is 0.382 e. The highest BCUT2D eigenvalue weighted by Gasteiger charge is 2.45. The molecule has 1 aromatic carbocycles. The molecule has 0 aliphatic carbocycles. The summed E-state index contributed by atoms with van der Waals surface area (Å²) in [5.74, 6) is -2.24. The molecule has 2 aliphatic heterocycles. The standard InChI is InChI=1S/C36H46N10O13S/c1-42-29-30(39-35(42)60(3,53)54)45(36(52)43(2)34(29)51)22-23-21-44(41-40-23)10-12-56-14-16-58-18-20-59-19-17-57-15-13-55-11-9-37-25-6-4-5-24-28(25)33(50)46(32(24)49)26-7-8-27(47)38-31(26)48/h4-6,21,26,37H,7-20,22H2,1-3H3,(H,38,47,48). The Kier molecular flexibility index (Phi) is 14.3. The number of aryl methyl sites for hydroxylation is 1. The van der Waals surface area contributed by atoms with Gasteiger partial charge >= 0.3 is 5.69 Å². The van der Waals surface area contributed by atoms with E-state index in [1.54, 1.807) is 18.3 Å². The van der Waals surface area contributed by atoms with Gasteiger partial charge in [0, 0.05) is 39.0 Å². The fourth-order valence-corrected chi connectivity index (χ4v) is 7.47. The van der Waals surface area contributed by atoms with Gasteiger partial charge in [0.15, 0.2) is 11.2 Å². The van der Waals surface area contributed by atoms with Crippen molar-refractivity contribution in [3.05, 3.63) is 62.1 Å². The molecule has 0 bridgehead atoms. The maximum absolute atomic E-state index is 13.2. The molecule has 4 aromatic rings. The number of aromatic nitrogens is 7. The van der Waals surface area contributed by atoms with E-state index in [9.17, 15) is 37.2 Å². The number of carbonyl (C=O) groups excluding carboxylic acids is 4. The van der Waals surface area contributed by atoms with E-state index in [1.165, 1.54) is 29.4 Å². The molecule has 3 aromatic heterocycles. The third-order valence-electron chi connectivity index (χ3n) is 9.54. The van der Waals surface area contributed by atoms with Crippen LogP contribution in [0.3, 0.4) is 0 Å². The molecule has 1 atom stereocenters. The van der Waals surface area contributed by atoms with E-state index in [2.05, 4.69) is 25.9 Å². The summed E-state index contributed by atoms with van der Waals surface area (Å²) >= 11 is 0. The molecule has 6 rings (SSSR count). The molecular weight excluding hydrogens is 813 g/mol. The van der Waals surface area contributed by atoms with E-state index in [0.717, 1.165) is 20.3 Å². The van der Waals surface area contributed by atoms with Crippen LogP contribution in [0.25, 0.3) is 11.2 Å². The zero-order chi connectivity index (χ0) is 43.0. The smallest absolute Gasteiger partial charge is 0.332 e. The predicted octanol–water partition coefficient (Wildman–Crippen LogP) is -1.93. The van der Waals surface area contributed by atoms with Crippen LogP contribution in [0.1, 0.15) is 39.3 Å². The Morgan fingerprint density at radius 2 is 1.47 bits per heavy atom. The normalized spacial score (nSPS) is 15.7. The van der Waals surface area contributed by atoms with Crippen molar-refractivity contribution in [1.82, 2.24) is 43.9 Å². The Morgan fingerprint density at radius 3 is 2.10 bits per heavy atom. The number of hydrogen-bond donors (Lipinski definition) is 2. The number of ether oxygens (including phenoxy) is 5. The lowest BCUT2D eigenvalue weighted by atomic mass is 10.0. The molecule has 2 N–H and O–H groups in total. The highest BCUT2D eigenvalue weighted by atomic mass is 32.2. The lowest BCUT2D eigenvalue weighted by Gasteiger charge is -2.27. The lowest BCUT2D eigenvalue weighted by Crippen LogP contribution is -2.54. The van der Waals surface area contributed by atoms with Crippen molar-refractivity contribution < 1.29 is 51.3 Å². The summed E-state index contributed by atoms with van der Waals surface area (Å²) in [6.07, 6.45) is 2.72. The predicted molar refractivity (Wildman–Crippen MR) is 208 cm³/mol. The molecule has 24 heteroatoms. The number of imidazole rings is 1. The first-order chi connectivity index (χ1) is 28.8. The van der Waals surface area contributed by atoms with Gasteiger partial charge in [-0.15, -0.1) is 5.10 Å². The first-order valence-corrected chi connectivity index (χ1v) is 20.9. The van der Waals surface area contributed by atoms with Gasteiger partial charge in [0.05, 0.1) is 96.5 Å². The summed E-state index contributed by atoms with van der Waals surface area (Å²) in [7, 11) is -1.06. The molecule has 23 nitrogen and oxygen atoms in total. The van der Waals surface area contributed by atoms with Gasteiger partial charge in [-0.25, -0.2) is 17.9 Å². The van der Waals surface area contributed by atoms with Crippen LogP contribution in [0.4, 0.5) is 5.69 Å². The number of hydrogen-bond acceptors (Lipinski definition) is 17. The topological polar surface area (TPSA) is 268 Å². The molecule has 0 saturated carbocycles. The van der Waals surface area contributed by atoms with Crippen LogP contribution in [0.5, 0.6) is 0 Å². The van der Waals surface area contributed by atoms with Crippen molar-refractivity contribution in [3.8, 4) is 0 Å². The zero-order valence-corrected chi connectivity index (χ0v) is 34.1. The molecule has 1 unspecified atom stereocenters. The number of sulfone groups is 1. The first-order valence-electron chi connectivity index (χ1n) is 19.0. The monoisotopic (exact) mass is 858 g/mol. The molecule has 5 heterocycles. The summed E-state index contributed by atoms with van der Waals surface area (Å²) in [4.78, 5) is 80.7. The summed E-state index contributed by atoms with van der Waals surface area (Å²) in [5.41, 5.74) is -0.192. The van der Waals surface area contributed by atoms with Crippen LogP contribution in [-0.2, 0) is 70.3 Å². The van der Waals surface area contributed by atoms with E-state index < -0.39 is 50.8 Å². The minimum atomic E-state index is -3.77. The summed E-state index contributed by atoms with van der Waals surface area (Å²) < 4.78 is 56.9. The van der Waals surface area contributed by atoms with E-state index >= 15 is 0 Å². The second kappa shape index (κ2) is 19.6. The minimum absolute atomic E-state index is 0.0248. The molecular formula is C36H46N10O13S. The highest BCUT2D eigenvalue weighted by Crippen LogP contribution is 2.32. The van der Waals surface area contributed by atoms with Gasteiger partial charge in [0.2, 0.25) is 26.8 Å². The highest BCUT2D eigenvalue weighted by molar-refractivity contribution is 7.90. The van der Waals surface area contributed by atoms with Crippen molar-refractivity contribution in [3.63, 3.8) is 0 Å². The van der Waals surface area contributed by atoms with Gasteiger partial charge in [0.1, 0.15) is 11.7 Å². The van der Waals surface area contributed by atoms with Gasteiger partial charge in [-0.1, -0.05) is 11.3 Å². The first kappa shape index (κ1) is 43.9. The number of nitrogens with one attached hydrogen (secondary N) is 2. The Hall–Kier alpha value is -5.66. The van der Waals surface area contributed by atoms with Crippen LogP contribution in [0.15, 0.2) is 39.1 Å². The fourth-order valence-electron chi connectivity index (χ4n) is 6.63. The summed E-state index contributed by atoms with van der Waals surface area (Å²) in [6, 6.07) is 3.83. The molecule has 1 saturated heterocycles. The van der Waals surface area contributed by atoms with Gasteiger partial charge in [-0.3, -0.25) is 43.3 Å². The van der Waals surface area contributed by atoms with E-state index in [1.807, 2.05) is 0 Å². The molecule has 60 heavy (non-hydrogen) atoms. The second-order valence-corrected chi connectivity index (χ2v) is 15.7. The van der Waals surface area contributed by atoms with Crippen LogP contribution in [-0.4, -0.2) is 156 Å². The van der Waals surface area contributed by atoms with E-state index in [4.69, 9.17) is 23.7 Å². The van der Waals surface area contributed by atoms with Gasteiger partial charge < -0.3 is 33.6 Å². The zero-order valence-electron chi connectivity index (χ0n) is 33.3. The molecule has 324 valence electrons. The molecule has 4 amide bonds. The van der Waals surface area contributed by atoms with Crippen molar-refractivity contribution >= 4 is 50.3 Å². The number of carbonyl (C=O) groups is 4. The second-order valence-electron chi connectivity index (χ2n) is 13.8. The van der Waals surface area contributed by atoms with Crippen molar-refractivity contribution in [2.45, 2.75) is 37.1 Å². The number of anilines is 1. The van der Waals surface area contributed by atoms with Crippen LogP contribution >= 0.6 is 0 Å². The third-order valence-corrected chi connectivity index (χ3v) is 10.6. The number of benzene rings is 1. The number of piperidine rings is 1. The molecule has 1 fully saturated rings. The van der Waals surface area contributed by atoms with Crippen LogP contribution in [0.2, 0.25) is 0 Å². The van der Waals surface area contributed by atoms with Crippen molar-refractivity contribution in [2.75, 3.05) is 84.2 Å². The minimum Gasteiger partial charge on any atom is -0.382 e. The average molecular weight is 859 g/mol.